The first-order chi connectivity index (χ1) is 9.51. The average molecular weight is 356 g/mol. The maximum absolute atomic E-state index is 11.7. The smallest absolute Gasteiger partial charge is 0.268 e. The van der Waals surface area contributed by atoms with Gasteiger partial charge in [0.05, 0.1) is 0 Å². The van der Waals surface area contributed by atoms with E-state index in [0.29, 0.717) is 0 Å². The van der Waals surface area contributed by atoms with Crippen LogP contribution in [0.2, 0.25) is 0 Å². The second-order valence-corrected chi connectivity index (χ2v) is 11.2. The highest BCUT2D eigenvalue weighted by atomic mass is 32.2. The molecular weight excluding hydrogens is 332 g/mol. The van der Waals surface area contributed by atoms with Crippen molar-refractivity contribution in [3.05, 3.63) is 0 Å². The average Bonchev–Trinajstić information content (AvgIpc) is 2.30. The van der Waals surface area contributed by atoms with Crippen LogP contribution < -0.4 is 0 Å². The van der Waals surface area contributed by atoms with Crippen LogP contribution in [-0.4, -0.2) is 37.8 Å². The van der Waals surface area contributed by atoms with E-state index in [1.54, 1.807) is 0 Å². The summed E-state index contributed by atoms with van der Waals surface area (Å²) in [4.78, 5) is 0. The fraction of sp³-hybridized carbons (Fsp3) is 0.833. The topological polar surface area (TPSA) is 111 Å². The van der Waals surface area contributed by atoms with E-state index >= 15 is 0 Å². The molecule has 0 aromatic carbocycles. The molecule has 0 amide bonds. The Morgan fingerprint density at radius 2 is 0.909 bits per heavy atom. The molecule has 0 aromatic heterocycles. The van der Waals surface area contributed by atoms with Gasteiger partial charge in [0.25, 0.3) is 0 Å². The Kier molecular flexibility index (Phi) is 6.19. The van der Waals surface area contributed by atoms with Crippen LogP contribution in [0, 0.1) is 0 Å². The molecule has 0 rings (SSSR count). The molecule has 0 atom stereocenters. The first kappa shape index (κ1) is 20.8. The maximum atomic E-state index is 11.7. The van der Waals surface area contributed by atoms with E-state index < -0.39 is 29.7 Å². The Morgan fingerprint density at radius 1 is 0.682 bits per heavy atom. The fourth-order valence-electron chi connectivity index (χ4n) is 0.566. The van der Waals surface area contributed by atoms with Crippen LogP contribution in [0.15, 0.2) is 10.3 Å². The van der Waals surface area contributed by atoms with E-state index in [-0.39, 0.29) is 11.4 Å². The van der Waals surface area contributed by atoms with Crippen LogP contribution in [0.5, 0.6) is 0 Å². The zero-order valence-electron chi connectivity index (χ0n) is 14.2. The van der Waals surface area contributed by atoms with Crippen LogP contribution >= 0.6 is 0 Å². The number of hydrogen-bond acceptors (Lipinski definition) is 8. The molecule has 0 unspecified atom stereocenters. The lowest BCUT2D eigenvalue weighted by atomic mass is 10.3. The molecule has 0 bridgehead atoms. The molecule has 0 radical (unpaired) electrons. The van der Waals surface area contributed by atoms with Crippen molar-refractivity contribution in [2.24, 2.45) is 10.3 Å². The summed E-state index contributed by atoms with van der Waals surface area (Å²) < 4.78 is 53.8. The van der Waals surface area contributed by atoms with Crippen molar-refractivity contribution in [3.63, 3.8) is 0 Å². The van der Waals surface area contributed by atoms with Gasteiger partial charge in [-0.15, -0.1) is 0 Å². The molecule has 0 N–H and O–H groups in total. The van der Waals surface area contributed by atoms with Crippen molar-refractivity contribution in [2.75, 3.05) is 0 Å². The summed E-state index contributed by atoms with van der Waals surface area (Å²) in [6.45, 7) is 11.6. The zero-order chi connectivity index (χ0) is 18.0. The fourth-order valence-corrected chi connectivity index (χ4v) is 1.43. The van der Waals surface area contributed by atoms with E-state index in [2.05, 4.69) is 18.9 Å². The van der Waals surface area contributed by atoms with E-state index in [9.17, 15) is 16.8 Å². The Morgan fingerprint density at radius 3 is 1.09 bits per heavy atom. The molecule has 0 saturated heterocycles. The third kappa shape index (κ3) is 5.56. The molecule has 0 heterocycles. The Bertz CT molecular complexity index is 601. The van der Waals surface area contributed by atoms with Gasteiger partial charge in [0.2, 0.25) is 0 Å². The largest absolute Gasteiger partial charge is 0.333 e. The molecule has 0 saturated carbocycles. The highest BCUT2D eigenvalue weighted by Gasteiger charge is 2.32. The van der Waals surface area contributed by atoms with Gasteiger partial charge in [-0.05, 0) is 55.4 Å². The molecule has 22 heavy (non-hydrogen) atoms. The highest BCUT2D eigenvalue weighted by Crippen LogP contribution is 2.18. The predicted octanol–water partition coefficient (Wildman–Crippen LogP) is 2.03. The van der Waals surface area contributed by atoms with Gasteiger partial charge in [0, 0.05) is 0 Å². The molecular formula is C12H24N2O6S2. The molecule has 0 aliphatic carbocycles. The molecule has 0 fully saturated rings. The molecule has 130 valence electrons. The molecule has 8 nitrogen and oxygen atoms in total. The minimum Gasteiger partial charge on any atom is -0.268 e. The predicted molar refractivity (Wildman–Crippen MR) is 85.7 cm³/mol. The summed E-state index contributed by atoms with van der Waals surface area (Å²) >= 11 is 0. The molecule has 0 aliphatic rings. The van der Waals surface area contributed by atoms with Crippen molar-refractivity contribution >= 4 is 31.7 Å². The van der Waals surface area contributed by atoms with Gasteiger partial charge >= 0.3 is 20.2 Å². The first-order valence-electron chi connectivity index (χ1n) is 6.47. The summed E-state index contributed by atoms with van der Waals surface area (Å²) in [5.74, 6) is 0. The number of oxime groups is 2. The third-order valence-electron chi connectivity index (χ3n) is 2.57. The zero-order valence-corrected chi connectivity index (χ0v) is 15.8. The maximum Gasteiger partial charge on any atom is 0.333 e. The second kappa shape index (κ2) is 6.53. The van der Waals surface area contributed by atoms with Crippen molar-refractivity contribution < 1.29 is 25.4 Å². The van der Waals surface area contributed by atoms with Gasteiger partial charge in [-0.2, -0.15) is 16.8 Å². The van der Waals surface area contributed by atoms with E-state index in [1.807, 2.05) is 0 Å². The Hall–Kier alpha value is -1.16. The van der Waals surface area contributed by atoms with E-state index in [4.69, 9.17) is 0 Å². The van der Waals surface area contributed by atoms with Crippen LogP contribution in [0.25, 0.3) is 0 Å². The monoisotopic (exact) mass is 356 g/mol. The normalized spacial score (nSPS) is 15.6. The van der Waals surface area contributed by atoms with Crippen LogP contribution in [-0.2, 0) is 28.8 Å². The minimum atomic E-state index is -3.89. The SMILES string of the molecule is CC(=NOS(=O)(=O)C(C)(C)C)C(C)=NOS(=O)(=O)C(C)(C)C. The van der Waals surface area contributed by atoms with Crippen molar-refractivity contribution in [1.29, 1.82) is 0 Å². The summed E-state index contributed by atoms with van der Waals surface area (Å²) in [5, 5.41) is 6.90. The van der Waals surface area contributed by atoms with Gasteiger partial charge in [-0.1, -0.05) is 10.3 Å². The molecule has 10 heteroatoms. The number of rotatable bonds is 5. The lowest BCUT2D eigenvalue weighted by Gasteiger charge is -2.16. The summed E-state index contributed by atoms with van der Waals surface area (Å²) in [6.07, 6.45) is 0. The summed E-state index contributed by atoms with van der Waals surface area (Å²) in [6, 6.07) is 0. The van der Waals surface area contributed by atoms with Gasteiger partial charge in [0.15, 0.2) is 0 Å². The van der Waals surface area contributed by atoms with Crippen LogP contribution in [0.1, 0.15) is 55.4 Å². The third-order valence-corrected chi connectivity index (χ3v) is 6.11. The van der Waals surface area contributed by atoms with Gasteiger partial charge < -0.3 is 0 Å². The molecule has 0 aromatic rings. The van der Waals surface area contributed by atoms with Crippen molar-refractivity contribution in [2.45, 2.75) is 64.9 Å². The van der Waals surface area contributed by atoms with Crippen molar-refractivity contribution in [1.82, 2.24) is 0 Å². The quantitative estimate of drug-likeness (QED) is 0.550. The van der Waals surface area contributed by atoms with E-state index in [1.165, 1.54) is 55.4 Å². The minimum absolute atomic E-state index is 0.0805. The lowest BCUT2D eigenvalue weighted by molar-refractivity contribution is 0.318. The lowest BCUT2D eigenvalue weighted by Crippen LogP contribution is -2.29. The Labute approximate surface area is 132 Å². The first-order valence-corrected chi connectivity index (χ1v) is 9.29. The standard InChI is InChI=1S/C12H24N2O6S2/c1-9(13-19-21(15,16)11(3,4)5)10(2)14-20-22(17,18)12(6,7)8/h1-8H3. The highest BCUT2D eigenvalue weighted by molar-refractivity contribution is 7.88. The summed E-state index contributed by atoms with van der Waals surface area (Å²) in [7, 11) is -7.79. The van der Waals surface area contributed by atoms with Crippen molar-refractivity contribution in [3.8, 4) is 0 Å². The van der Waals surface area contributed by atoms with Gasteiger partial charge in [-0.3, -0.25) is 8.57 Å². The molecule has 0 spiro atoms. The van der Waals surface area contributed by atoms with E-state index in [0.717, 1.165) is 0 Å². The van der Waals surface area contributed by atoms with Gasteiger partial charge in [0.1, 0.15) is 20.9 Å². The van der Waals surface area contributed by atoms with Crippen LogP contribution in [0.3, 0.4) is 0 Å². The Balaban J connectivity index is 5.14. The number of nitrogens with zero attached hydrogens (tertiary/aromatic N) is 2. The van der Waals surface area contributed by atoms with Gasteiger partial charge in [-0.25, -0.2) is 0 Å². The number of hydrogen-bond donors (Lipinski definition) is 0. The molecule has 0 aliphatic heterocycles. The van der Waals surface area contributed by atoms with Crippen LogP contribution in [0.4, 0.5) is 0 Å². The second-order valence-electron chi connectivity index (χ2n) is 6.64. The summed E-state index contributed by atoms with van der Waals surface area (Å²) in [5.41, 5.74) is 0.161.